The third-order valence-electron chi connectivity index (χ3n) is 1.87. The standard InChI is InChI=1S/C9H19NO5S/c1-3-15-6-7-16(13,14)10-8(2)4-5-9(11)12/h8,10H,3-7H2,1-2H3,(H,11,12). The molecule has 0 heterocycles. The summed E-state index contributed by atoms with van der Waals surface area (Å²) in [6.45, 7) is 4.05. The van der Waals surface area contributed by atoms with Gasteiger partial charge in [0.2, 0.25) is 10.0 Å². The van der Waals surface area contributed by atoms with Crippen molar-refractivity contribution in [2.24, 2.45) is 0 Å². The van der Waals surface area contributed by atoms with Gasteiger partial charge in [0.25, 0.3) is 0 Å². The number of hydrogen-bond donors (Lipinski definition) is 2. The molecule has 0 amide bonds. The van der Waals surface area contributed by atoms with Crippen molar-refractivity contribution in [3.05, 3.63) is 0 Å². The summed E-state index contributed by atoms with van der Waals surface area (Å²) in [5.41, 5.74) is 0. The number of hydrogen-bond acceptors (Lipinski definition) is 4. The first-order valence-electron chi connectivity index (χ1n) is 5.17. The molecule has 0 radical (unpaired) electrons. The van der Waals surface area contributed by atoms with Crippen molar-refractivity contribution in [2.45, 2.75) is 32.7 Å². The molecule has 2 N–H and O–H groups in total. The molecule has 0 aliphatic rings. The number of aliphatic carboxylic acids is 1. The maximum absolute atomic E-state index is 11.4. The van der Waals surface area contributed by atoms with Crippen molar-refractivity contribution in [1.82, 2.24) is 4.72 Å². The fraction of sp³-hybridized carbons (Fsp3) is 0.889. The average molecular weight is 253 g/mol. The number of nitrogens with one attached hydrogen (secondary N) is 1. The van der Waals surface area contributed by atoms with Crippen LogP contribution in [0, 0.1) is 0 Å². The minimum absolute atomic E-state index is 0.0465. The second-order valence-corrected chi connectivity index (χ2v) is 5.34. The molecule has 7 heteroatoms. The smallest absolute Gasteiger partial charge is 0.303 e. The number of carboxylic acid groups (broad SMARTS) is 1. The van der Waals surface area contributed by atoms with Gasteiger partial charge >= 0.3 is 5.97 Å². The van der Waals surface area contributed by atoms with Crippen LogP contribution in [0.2, 0.25) is 0 Å². The van der Waals surface area contributed by atoms with Gasteiger partial charge in [0, 0.05) is 19.1 Å². The Morgan fingerprint density at radius 2 is 2.12 bits per heavy atom. The maximum atomic E-state index is 11.4. The van der Waals surface area contributed by atoms with E-state index in [1.165, 1.54) is 0 Å². The summed E-state index contributed by atoms with van der Waals surface area (Å²) in [5.74, 6) is -1.03. The van der Waals surface area contributed by atoms with E-state index in [0.717, 1.165) is 0 Å². The van der Waals surface area contributed by atoms with Crippen molar-refractivity contribution in [1.29, 1.82) is 0 Å². The molecular formula is C9H19NO5S. The molecule has 0 fully saturated rings. The molecule has 0 aliphatic carbocycles. The summed E-state index contributed by atoms with van der Waals surface area (Å²) in [4.78, 5) is 10.3. The monoisotopic (exact) mass is 253 g/mol. The van der Waals surface area contributed by atoms with Gasteiger partial charge in [-0.15, -0.1) is 0 Å². The molecule has 0 saturated carbocycles. The van der Waals surface area contributed by atoms with Crippen LogP contribution in [-0.2, 0) is 19.6 Å². The second kappa shape index (κ2) is 7.59. The Bertz CT molecular complexity index is 301. The van der Waals surface area contributed by atoms with Crippen molar-refractivity contribution >= 4 is 16.0 Å². The lowest BCUT2D eigenvalue weighted by Gasteiger charge is -2.12. The molecule has 1 unspecified atom stereocenters. The van der Waals surface area contributed by atoms with Gasteiger partial charge < -0.3 is 9.84 Å². The molecule has 0 aromatic heterocycles. The van der Waals surface area contributed by atoms with E-state index in [4.69, 9.17) is 9.84 Å². The van der Waals surface area contributed by atoms with Gasteiger partial charge in [-0.1, -0.05) is 0 Å². The van der Waals surface area contributed by atoms with E-state index in [2.05, 4.69) is 4.72 Å². The van der Waals surface area contributed by atoms with Gasteiger partial charge in [-0.05, 0) is 20.3 Å². The Kier molecular flexibility index (Phi) is 7.27. The lowest BCUT2D eigenvalue weighted by Crippen LogP contribution is -2.35. The maximum Gasteiger partial charge on any atom is 0.303 e. The summed E-state index contributed by atoms with van der Waals surface area (Å²) in [5, 5.41) is 8.44. The number of rotatable bonds is 9. The molecule has 1 atom stereocenters. The quantitative estimate of drug-likeness (QED) is 0.572. The topological polar surface area (TPSA) is 92.7 Å². The number of carboxylic acids is 1. The highest BCUT2D eigenvalue weighted by molar-refractivity contribution is 7.89. The van der Waals surface area contributed by atoms with Crippen LogP contribution < -0.4 is 4.72 Å². The van der Waals surface area contributed by atoms with Gasteiger partial charge in [-0.25, -0.2) is 13.1 Å². The molecular weight excluding hydrogens is 234 g/mol. The Morgan fingerprint density at radius 3 is 2.62 bits per heavy atom. The third kappa shape index (κ3) is 8.63. The van der Waals surface area contributed by atoms with Crippen LogP contribution in [0.1, 0.15) is 26.7 Å². The van der Waals surface area contributed by atoms with E-state index in [9.17, 15) is 13.2 Å². The van der Waals surface area contributed by atoms with Crippen molar-refractivity contribution in [3.8, 4) is 0 Å². The van der Waals surface area contributed by atoms with E-state index >= 15 is 0 Å². The first-order valence-corrected chi connectivity index (χ1v) is 6.82. The lowest BCUT2D eigenvalue weighted by atomic mass is 10.2. The minimum atomic E-state index is -3.37. The summed E-state index contributed by atoms with van der Waals surface area (Å²) >= 11 is 0. The number of ether oxygens (including phenoxy) is 1. The van der Waals surface area contributed by atoms with Crippen LogP contribution in [0.4, 0.5) is 0 Å². The summed E-state index contributed by atoms with van der Waals surface area (Å²) in [7, 11) is -3.37. The van der Waals surface area contributed by atoms with E-state index in [0.29, 0.717) is 6.61 Å². The molecule has 0 aliphatic heterocycles. The predicted molar refractivity (Wildman–Crippen MR) is 59.7 cm³/mol. The van der Waals surface area contributed by atoms with Crippen LogP contribution in [0.25, 0.3) is 0 Å². The molecule has 0 rings (SSSR count). The van der Waals surface area contributed by atoms with Gasteiger partial charge in [-0.3, -0.25) is 4.79 Å². The molecule has 16 heavy (non-hydrogen) atoms. The summed E-state index contributed by atoms with van der Waals surface area (Å²) < 4.78 is 30.2. The Labute approximate surface area is 96.0 Å². The van der Waals surface area contributed by atoms with E-state index in [-0.39, 0.29) is 31.2 Å². The Balaban J connectivity index is 3.90. The first-order chi connectivity index (χ1) is 7.37. The fourth-order valence-electron chi connectivity index (χ4n) is 1.08. The van der Waals surface area contributed by atoms with Crippen molar-refractivity contribution in [2.75, 3.05) is 19.0 Å². The highest BCUT2D eigenvalue weighted by atomic mass is 32.2. The van der Waals surface area contributed by atoms with Crippen molar-refractivity contribution < 1.29 is 23.1 Å². The van der Waals surface area contributed by atoms with Crippen LogP contribution in [0.15, 0.2) is 0 Å². The van der Waals surface area contributed by atoms with Crippen LogP contribution in [0.3, 0.4) is 0 Å². The minimum Gasteiger partial charge on any atom is -0.481 e. The summed E-state index contributed by atoms with van der Waals surface area (Å²) in [6, 6.07) is -0.372. The molecule has 96 valence electrons. The van der Waals surface area contributed by atoms with E-state index < -0.39 is 16.0 Å². The summed E-state index contributed by atoms with van der Waals surface area (Å²) in [6.07, 6.45) is 0.234. The van der Waals surface area contributed by atoms with Crippen LogP contribution >= 0.6 is 0 Å². The number of sulfonamides is 1. The molecule has 0 spiro atoms. The van der Waals surface area contributed by atoms with Gasteiger partial charge in [0.05, 0.1) is 12.4 Å². The molecule has 0 bridgehead atoms. The zero-order valence-corrected chi connectivity index (χ0v) is 10.4. The molecule has 0 saturated heterocycles. The SMILES string of the molecule is CCOCCS(=O)(=O)NC(C)CCC(=O)O. The highest BCUT2D eigenvalue weighted by Crippen LogP contribution is 1.99. The second-order valence-electron chi connectivity index (χ2n) is 3.47. The normalized spacial score (nSPS) is 13.6. The molecule has 0 aromatic rings. The van der Waals surface area contributed by atoms with Crippen LogP contribution in [-0.4, -0.2) is 44.5 Å². The molecule has 6 nitrogen and oxygen atoms in total. The Morgan fingerprint density at radius 1 is 1.50 bits per heavy atom. The highest BCUT2D eigenvalue weighted by Gasteiger charge is 2.14. The zero-order chi connectivity index (χ0) is 12.6. The first kappa shape index (κ1) is 15.3. The third-order valence-corrected chi connectivity index (χ3v) is 3.34. The Hall–Kier alpha value is -0.660. The predicted octanol–water partition coefficient (Wildman–Crippen LogP) is 0.196. The van der Waals surface area contributed by atoms with Gasteiger partial charge in [-0.2, -0.15) is 0 Å². The molecule has 0 aromatic carbocycles. The van der Waals surface area contributed by atoms with E-state index in [1.807, 2.05) is 0 Å². The van der Waals surface area contributed by atoms with Gasteiger partial charge in [0.15, 0.2) is 0 Å². The zero-order valence-electron chi connectivity index (χ0n) is 9.60. The number of carbonyl (C=O) groups is 1. The van der Waals surface area contributed by atoms with Crippen molar-refractivity contribution in [3.63, 3.8) is 0 Å². The van der Waals surface area contributed by atoms with Crippen LogP contribution in [0.5, 0.6) is 0 Å². The average Bonchev–Trinajstić information content (AvgIpc) is 2.14. The fourth-order valence-corrected chi connectivity index (χ4v) is 2.26. The lowest BCUT2D eigenvalue weighted by molar-refractivity contribution is -0.137. The van der Waals surface area contributed by atoms with Gasteiger partial charge in [0.1, 0.15) is 0 Å². The van der Waals surface area contributed by atoms with E-state index in [1.54, 1.807) is 13.8 Å². The largest absolute Gasteiger partial charge is 0.481 e.